The Balaban J connectivity index is 2.44. The number of hydrogen-bond acceptors (Lipinski definition) is 2. The molecular formula is C12H14BrNO. The Morgan fingerprint density at radius 2 is 2.07 bits per heavy atom. The zero-order chi connectivity index (χ0) is 11.1. The van der Waals surface area contributed by atoms with Crippen LogP contribution in [0.1, 0.15) is 26.7 Å². The molecular weight excluding hydrogens is 254 g/mol. The monoisotopic (exact) mass is 267 g/mol. The molecule has 1 aromatic carbocycles. The van der Waals surface area contributed by atoms with E-state index in [9.17, 15) is 0 Å². The van der Waals surface area contributed by atoms with Gasteiger partial charge in [-0.3, -0.25) is 0 Å². The molecule has 0 saturated carbocycles. The van der Waals surface area contributed by atoms with Gasteiger partial charge >= 0.3 is 0 Å². The number of aromatic nitrogens is 1. The van der Waals surface area contributed by atoms with Crippen molar-refractivity contribution in [3.63, 3.8) is 0 Å². The number of halogens is 1. The minimum absolute atomic E-state index is 0.202. The summed E-state index contributed by atoms with van der Waals surface area (Å²) in [4.78, 5) is 4.46. The van der Waals surface area contributed by atoms with Crippen LogP contribution in [0.25, 0.3) is 11.1 Å². The topological polar surface area (TPSA) is 26.0 Å². The van der Waals surface area contributed by atoms with Gasteiger partial charge in [0.05, 0.1) is 4.47 Å². The van der Waals surface area contributed by atoms with E-state index in [1.54, 1.807) is 0 Å². The predicted molar refractivity (Wildman–Crippen MR) is 64.9 cm³/mol. The third-order valence-corrected chi connectivity index (χ3v) is 2.72. The molecule has 0 unspecified atom stereocenters. The SMILES string of the molecule is CC(C)(C)Cc1nc2cccc(Br)c2o1. The third-order valence-electron chi connectivity index (χ3n) is 2.09. The van der Waals surface area contributed by atoms with Gasteiger partial charge in [0, 0.05) is 6.42 Å². The molecule has 0 N–H and O–H groups in total. The highest BCUT2D eigenvalue weighted by atomic mass is 79.9. The minimum atomic E-state index is 0.202. The lowest BCUT2D eigenvalue weighted by atomic mass is 9.92. The van der Waals surface area contributed by atoms with Crippen LogP contribution < -0.4 is 0 Å². The quantitative estimate of drug-likeness (QED) is 0.775. The molecule has 2 nitrogen and oxygen atoms in total. The normalized spacial score (nSPS) is 12.3. The second-order valence-electron chi connectivity index (χ2n) is 4.93. The molecule has 0 saturated heterocycles. The summed E-state index contributed by atoms with van der Waals surface area (Å²) in [6.45, 7) is 6.53. The first-order chi connectivity index (χ1) is 6.96. The molecule has 15 heavy (non-hydrogen) atoms. The van der Waals surface area contributed by atoms with Crippen molar-refractivity contribution in [2.24, 2.45) is 5.41 Å². The fourth-order valence-electron chi connectivity index (χ4n) is 1.49. The van der Waals surface area contributed by atoms with Crippen molar-refractivity contribution < 1.29 is 4.42 Å². The molecule has 0 bridgehead atoms. The maximum atomic E-state index is 5.72. The zero-order valence-electron chi connectivity index (χ0n) is 9.17. The van der Waals surface area contributed by atoms with Gasteiger partial charge in [0.25, 0.3) is 0 Å². The number of para-hydroxylation sites is 1. The van der Waals surface area contributed by atoms with Gasteiger partial charge in [-0.05, 0) is 33.5 Å². The minimum Gasteiger partial charge on any atom is -0.439 e. The molecule has 1 heterocycles. The molecule has 0 aliphatic rings. The van der Waals surface area contributed by atoms with Crippen molar-refractivity contribution in [3.8, 4) is 0 Å². The van der Waals surface area contributed by atoms with Gasteiger partial charge in [-0.2, -0.15) is 0 Å². The lowest BCUT2D eigenvalue weighted by Gasteiger charge is -2.14. The number of benzene rings is 1. The van der Waals surface area contributed by atoms with Crippen molar-refractivity contribution in [1.29, 1.82) is 0 Å². The third kappa shape index (κ3) is 2.40. The van der Waals surface area contributed by atoms with Crippen molar-refractivity contribution in [2.45, 2.75) is 27.2 Å². The molecule has 0 aliphatic carbocycles. The fourth-order valence-corrected chi connectivity index (χ4v) is 1.93. The Hall–Kier alpha value is -0.830. The van der Waals surface area contributed by atoms with Gasteiger partial charge in [0.1, 0.15) is 5.52 Å². The van der Waals surface area contributed by atoms with Gasteiger partial charge in [-0.1, -0.05) is 26.8 Å². The van der Waals surface area contributed by atoms with Gasteiger partial charge in [0.15, 0.2) is 11.5 Å². The van der Waals surface area contributed by atoms with E-state index in [2.05, 4.69) is 41.7 Å². The van der Waals surface area contributed by atoms with Crippen LogP contribution in [0.4, 0.5) is 0 Å². The van der Waals surface area contributed by atoms with E-state index in [1.807, 2.05) is 18.2 Å². The number of nitrogens with zero attached hydrogens (tertiary/aromatic N) is 1. The molecule has 0 fully saturated rings. The van der Waals surface area contributed by atoms with E-state index in [0.29, 0.717) is 0 Å². The first-order valence-corrected chi connectivity index (χ1v) is 5.79. The molecule has 0 atom stereocenters. The molecule has 2 aromatic rings. The first-order valence-electron chi connectivity index (χ1n) is 5.00. The van der Waals surface area contributed by atoms with Gasteiger partial charge in [-0.15, -0.1) is 0 Å². The van der Waals surface area contributed by atoms with E-state index in [0.717, 1.165) is 27.9 Å². The Bertz CT molecular complexity index is 482. The summed E-state index contributed by atoms with van der Waals surface area (Å²) >= 11 is 3.46. The van der Waals surface area contributed by atoms with Crippen LogP contribution in [0.15, 0.2) is 27.1 Å². The standard InChI is InChI=1S/C12H14BrNO/c1-12(2,3)7-10-14-9-6-4-5-8(13)11(9)15-10/h4-6H,7H2,1-3H3. The highest BCUT2D eigenvalue weighted by Crippen LogP contribution is 2.27. The Kier molecular flexibility index (Phi) is 2.59. The second kappa shape index (κ2) is 3.63. The number of hydrogen-bond donors (Lipinski definition) is 0. The van der Waals surface area contributed by atoms with E-state index >= 15 is 0 Å². The zero-order valence-corrected chi connectivity index (χ0v) is 10.8. The van der Waals surface area contributed by atoms with E-state index in [-0.39, 0.29) is 5.41 Å². The Labute approximate surface area is 97.8 Å². The molecule has 0 radical (unpaired) electrons. The molecule has 0 aliphatic heterocycles. The summed E-state index contributed by atoms with van der Waals surface area (Å²) in [5.41, 5.74) is 1.97. The first kappa shape index (κ1) is 10.7. The number of rotatable bonds is 1. The molecule has 0 amide bonds. The van der Waals surface area contributed by atoms with Gasteiger partial charge < -0.3 is 4.42 Å². The predicted octanol–water partition coefficient (Wildman–Crippen LogP) is 4.18. The van der Waals surface area contributed by atoms with Crippen LogP contribution in [0.5, 0.6) is 0 Å². The van der Waals surface area contributed by atoms with Crippen molar-refractivity contribution in [2.75, 3.05) is 0 Å². The average Bonchev–Trinajstić information content (AvgIpc) is 2.45. The molecule has 2 rings (SSSR count). The van der Waals surface area contributed by atoms with Gasteiger partial charge in [0.2, 0.25) is 0 Å². The molecule has 0 spiro atoms. The lowest BCUT2D eigenvalue weighted by molar-refractivity contribution is 0.361. The maximum absolute atomic E-state index is 5.72. The van der Waals surface area contributed by atoms with Crippen molar-refractivity contribution >= 4 is 27.0 Å². The number of fused-ring (bicyclic) bond motifs is 1. The summed E-state index contributed by atoms with van der Waals surface area (Å²) in [7, 11) is 0. The molecule has 1 aromatic heterocycles. The Morgan fingerprint density at radius 1 is 1.33 bits per heavy atom. The fraction of sp³-hybridized carbons (Fsp3) is 0.417. The molecule has 3 heteroatoms. The smallest absolute Gasteiger partial charge is 0.196 e. The lowest BCUT2D eigenvalue weighted by Crippen LogP contribution is -2.09. The maximum Gasteiger partial charge on any atom is 0.196 e. The van der Waals surface area contributed by atoms with Crippen molar-refractivity contribution in [3.05, 3.63) is 28.6 Å². The van der Waals surface area contributed by atoms with Crippen molar-refractivity contribution in [1.82, 2.24) is 4.98 Å². The van der Waals surface area contributed by atoms with Crippen LogP contribution in [0, 0.1) is 5.41 Å². The highest BCUT2D eigenvalue weighted by Gasteiger charge is 2.16. The van der Waals surface area contributed by atoms with Crippen LogP contribution in [-0.4, -0.2) is 4.98 Å². The number of oxazole rings is 1. The summed E-state index contributed by atoms with van der Waals surface area (Å²) in [5.74, 6) is 0.810. The van der Waals surface area contributed by atoms with Crippen LogP contribution >= 0.6 is 15.9 Å². The van der Waals surface area contributed by atoms with E-state index in [4.69, 9.17) is 4.42 Å². The van der Waals surface area contributed by atoms with Crippen LogP contribution in [0.3, 0.4) is 0 Å². The largest absolute Gasteiger partial charge is 0.439 e. The van der Waals surface area contributed by atoms with Gasteiger partial charge in [-0.25, -0.2) is 4.98 Å². The summed E-state index contributed by atoms with van der Waals surface area (Å²) in [6, 6.07) is 5.90. The van der Waals surface area contributed by atoms with E-state index in [1.165, 1.54) is 0 Å². The summed E-state index contributed by atoms with van der Waals surface area (Å²) < 4.78 is 6.68. The van der Waals surface area contributed by atoms with Crippen LogP contribution in [0.2, 0.25) is 0 Å². The van der Waals surface area contributed by atoms with E-state index < -0.39 is 0 Å². The molecule has 80 valence electrons. The highest BCUT2D eigenvalue weighted by molar-refractivity contribution is 9.10. The average molecular weight is 268 g/mol. The summed E-state index contributed by atoms with van der Waals surface area (Å²) in [6.07, 6.45) is 0.855. The Morgan fingerprint density at radius 3 is 2.67 bits per heavy atom. The van der Waals surface area contributed by atoms with Crippen LogP contribution in [-0.2, 0) is 6.42 Å². The summed E-state index contributed by atoms with van der Waals surface area (Å²) in [5, 5.41) is 0. The second-order valence-corrected chi connectivity index (χ2v) is 5.79.